The molecule has 4 fully saturated rings. The van der Waals surface area contributed by atoms with Crippen LogP contribution in [0, 0.1) is 6.92 Å². The maximum atomic E-state index is 12.5. The number of carbonyl (C=O) groups excluding carboxylic acids is 1. The Morgan fingerprint density at radius 1 is 1.19 bits per heavy atom. The second kappa shape index (κ2) is 9.69. The largest absolute Gasteiger partial charge is 0.462 e. The highest BCUT2D eigenvalue weighted by Crippen LogP contribution is 2.54. The van der Waals surface area contributed by atoms with Crippen molar-refractivity contribution in [3.05, 3.63) is 47.8 Å². The summed E-state index contributed by atoms with van der Waals surface area (Å²) in [5.41, 5.74) is 5.98. The maximum Gasteiger partial charge on any atom is 0.318 e. The first-order chi connectivity index (χ1) is 20.4. The molecule has 8 rings (SSSR count). The molecule has 1 aromatic carbocycles. The molecule has 1 aliphatic carbocycles. The Bertz CT molecular complexity index is 1550. The molecule has 1 saturated carbocycles. The lowest BCUT2D eigenvalue weighted by Crippen LogP contribution is -2.56. The molecule has 3 saturated heterocycles. The molecule has 5 aliphatic rings. The molecule has 2 bridgehead atoms. The molecule has 220 valence electrons. The summed E-state index contributed by atoms with van der Waals surface area (Å²) >= 11 is 0. The van der Waals surface area contributed by atoms with Gasteiger partial charge in [-0.3, -0.25) is 9.89 Å². The number of likely N-dealkylation sites (N-methyl/N-ethyl adjacent to an activating group) is 1. The van der Waals surface area contributed by atoms with Gasteiger partial charge in [-0.15, -0.1) is 0 Å². The number of aromatic nitrogens is 4. The first-order valence-electron chi connectivity index (χ1n) is 15.6. The van der Waals surface area contributed by atoms with Crippen molar-refractivity contribution in [2.24, 2.45) is 0 Å². The van der Waals surface area contributed by atoms with Gasteiger partial charge in [0.25, 0.3) is 0 Å². The highest BCUT2D eigenvalue weighted by molar-refractivity contribution is 5.94. The van der Waals surface area contributed by atoms with Gasteiger partial charge >= 0.3 is 6.01 Å². The quantitative estimate of drug-likeness (QED) is 0.451. The van der Waals surface area contributed by atoms with Crippen molar-refractivity contribution in [2.45, 2.75) is 82.1 Å². The van der Waals surface area contributed by atoms with Crippen LogP contribution in [0.25, 0.3) is 10.9 Å². The number of amides is 1. The van der Waals surface area contributed by atoms with Crippen molar-refractivity contribution >= 4 is 28.3 Å². The Labute approximate surface area is 246 Å². The lowest BCUT2D eigenvalue weighted by molar-refractivity contribution is -0.126. The number of nitrogens with one attached hydrogen (secondary N) is 1. The fourth-order valence-electron chi connectivity index (χ4n) is 8.12. The number of rotatable bonds is 6. The van der Waals surface area contributed by atoms with Crippen LogP contribution in [0.2, 0.25) is 0 Å². The zero-order valence-corrected chi connectivity index (χ0v) is 24.7. The third-order valence-electron chi connectivity index (χ3n) is 10.6. The van der Waals surface area contributed by atoms with Crippen LogP contribution in [0.4, 0.5) is 11.5 Å². The number of ether oxygens (including phenoxy) is 1. The molecule has 10 nitrogen and oxygen atoms in total. The molecular weight excluding hydrogens is 528 g/mol. The Morgan fingerprint density at radius 3 is 2.71 bits per heavy atom. The van der Waals surface area contributed by atoms with Crippen molar-refractivity contribution in [1.29, 1.82) is 0 Å². The topological polar surface area (TPSA) is 93.7 Å². The van der Waals surface area contributed by atoms with Crippen LogP contribution in [0.5, 0.6) is 6.01 Å². The number of aryl methyl sites for hydroxylation is 1. The number of H-pyrrole nitrogens is 1. The zero-order valence-electron chi connectivity index (χ0n) is 24.7. The lowest BCUT2D eigenvalue weighted by atomic mass is 9.92. The predicted molar refractivity (Wildman–Crippen MR) is 162 cm³/mol. The van der Waals surface area contributed by atoms with Crippen molar-refractivity contribution in [3.63, 3.8) is 0 Å². The van der Waals surface area contributed by atoms with Crippen LogP contribution in [-0.2, 0) is 17.8 Å². The van der Waals surface area contributed by atoms with Gasteiger partial charge in [0.05, 0.1) is 29.6 Å². The summed E-state index contributed by atoms with van der Waals surface area (Å²) in [5.74, 6) is 1.06. The molecule has 10 heteroatoms. The van der Waals surface area contributed by atoms with Gasteiger partial charge in [0.2, 0.25) is 5.91 Å². The van der Waals surface area contributed by atoms with E-state index >= 15 is 0 Å². The maximum absolute atomic E-state index is 12.5. The van der Waals surface area contributed by atoms with Gasteiger partial charge in [0.1, 0.15) is 12.4 Å². The van der Waals surface area contributed by atoms with Crippen molar-refractivity contribution in [3.8, 4) is 6.01 Å². The standard InChI is InChI=1S/C32H40N8O2/c1-4-28(41)38-16-21-8-9-22(17-38)40(21)30-24-14-32(11-12-32)39(29-20(2)7-10-26-25(29)15-33-36-26)18-27(24)34-31(35-30)42-19-23-6-5-13-37(23)3/h4,7,10,15,21-23H,1,5-6,8-9,11-14,16-19H2,2-3H3,(H,33,36)/t21?,22?,23-/m0/s1. The lowest BCUT2D eigenvalue weighted by Gasteiger charge is -2.45. The number of fused-ring (bicyclic) bond motifs is 4. The first-order valence-corrected chi connectivity index (χ1v) is 15.6. The average molecular weight is 569 g/mol. The summed E-state index contributed by atoms with van der Waals surface area (Å²) in [4.78, 5) is 32.3. The molecule has 2 unspecified atom stereocenters. The molecular formula is C32H40N8O2. The zero-order chi connectivity index (χ0) is 28.6. The summed E-state index contributed by atoms with van der Waals surface area (Å²) < 4.78 is 6.41. The van der Waals surface area contributed by atoms with Gasteiger partial charge < -0.3 is 24.3 Å². The number of anilines is 2. The molecule has 4 aliphatic heterocycles. The van der Waals surface area contributed by atoms with E-state index in [-0.39, 0.29) is 23.5 Å². The monoisotopic (exact) mass is 568 g/mol. The highest BCUT2D eigenvalue weighted by atomic mass is 16.5. The van der Waals surface area contributed by atoms with E-state index in [2.05, 4.69) is 57.6 Å². The summed E-state index contributed by atoms with van der Waals surface area (Å²) in [6, 6.07) is 5.69. The third-order valence-corrected chi connectivity index (χ3v) is 10.6. The Morgan fingerprint density at radius 2 is 2.00 bits per heavy atom. The van der Waals surface area contributed by atoms with Gasteiger partial charge in [-0.2, -0.15) is 15.1 Å². The number of hydrogen-bond donors (Lipinski definition) is 1. The van der Waals surface area contributed by atoms with Gasteiger partial charge in [0.15, 0.2) is 0 Å². The molecule has 2 aromatic heterocycles. The molecule has 3 atom stereocenters. The number of hydrogen-bond acceptors (Lipinski definition) is 8. The Hall–Kier alpha value is -3.66. The third kappa shape index (κ3) is 4.09. The molecule has 3 aromatic rings. The van der Waals surface area contributed by atoms with Gasteiger partial charge in [0, 0.05) is 54.1 Å². The molecule has 1 N–H and O–H groups in total. The van der Waals surface area contributed by atoms with E-state index in [9.17, 15) is 4.79 Å². The average Bonchev–Trinajstić information content (AvgIpc) is 3.26. The van der Waals surface area contributed by atoms with Crippen LogP contribution in [-0.4, -0.2) is 92.8 Å². The molecule has 6 heterocycles. The second-order valence-corrected chi connectivity index (χ2v) is 13.1. The highest BCUT2D eigenvalue weighted by Gasteiger charge is 2.54. The van der Waals surface area contributed by atoms with Gasteiger partial charge in [-0.1, -0.05) is 12.6 Å². The number of aromatic amines is 1. The second-order valence-electron chi connectivity index (χ2n) is 13.1. The minimum absolute atomic E-state index is 0.0253. The number of likely N-dealkylation sites (tertiary alicyclic amines) is 2. The van der Waals surface area contributed by atoms with E-state index in [1.54, 1.807) is 0 Å². The normalized spacial score (nSPS) is 26.2. The van der Waals surface area contributed by atoms with E-state index in [1.165, 1.54) is 34.7 Å². The number of piperazine rings is 1. The van der Waals surface area contributed by atoms with Crippen molar-refractivity contribution in [1.82, 2.24) is 30.0 Å². The fraction of sp³-hybridized carbons (Fsp3) is 0.562. The van der Waals surface area contributed by atoms with E-state index in [4.69, 9.17) is 14.7 Å². The fourth-order valence-corrected chi connectivity index (χ4v) is 8.12. The van der Waals surface area contributed by atoms with E-state index < -0.39 is 0 Å². The molecule has 1 amide bonds. The SMILES string of the molecule is C=CC(=O)N1CC2CCC(C1)N2c1nc(OC[C@@H]2CCCN2C)nc2c1CC1(CC1)N(c1c(C)ccc3[nH]ncc13)C2. The van der Waals surface area contributed by atoms with Crippen LogP contribution in [0.1, 0.15) is 55.3 Å². The van der Waals surface area contributed by atoms with Crippen LogP contribution in [0.3, 0.4) is 0 Å². The van der Waals surface area contributed by atoms with Crippen LogP contribution in [0.15, 0.2) is 31.0 Å². The van der Waals surface area contributed by atoms with Crippen molar-refractivity contribution < 1.29 is 9.53 Å². The Kier molecular flexibility index (Phi) is 6.00. The molecule has 1 spiro atoms. The molecule has 42 heavy (non-hydrogen) atoms. The van der Waals surface area contributed by atoms with E-state index in [0.717, 1.165) is 68.6 Å². The minimum atomic E-state index is 0.0253. The van der Waals surface area contributed by atoms with E-state index in [0.29, 0.717) is 31.7 Å². The number of carbonyl (C=O) groups is 1. The summed E-state index contributed by atoms with van der Waals surface area (Å²) in [7, 11) is 2.17. The van der Waals surface area contributed by atoms with Crippen LogP contribution < -0.4 is 14.5 Å². The molecule has 0 radical (unpaired) electrons. The van der Waals surface area contributed by atoms with Crippen LogP contribution >= 0.6 is 0 Å². The van der Waals surface area contributed by atoms with Gasteiger partial charge in [-0.05, 0) is 76.7 Å². The predicted octanol–water partition coefficient (Wildman–Crippen LogP) is 3.60. The van der Waals surface area contributed by atoms with Crippen molar-refractivity contribution in [2.75, 3.05) is 43.1 Å². The smallest absolute Gasteiger partial charge is 0.318 e. The summed E-state index contributed by atoms with van der Waals surface area (Å²) in [6.45, 7) is 9.79. The van der Waals surface area contributed by atoms with E-state index in [1.807, 2.05) is 11.1 Å². The summed E-state index contributed by atoms with van der Waals surface area (Å²) in [5, 5.41) is 8.71. The first kappa shape index (κ1) is 26.0. The minimum Gasteiger partial charge on any atom is -0.462 e. The van der Waals surface area contributed by atoms with Gasteiger partial charge in [-0.25, -0.2) is 0 Å². The Balaban J connectivity index is 1.19. The number of nitrogens with zero attached hydrogens (tertiary/aromatic N) is 7. The summed E-state index contributed by atoms with van der Waals surface area (Å²) in [6.07, 6.45) is 11.1. The number of benzene rings is 1.